The van der Waals surface area contributed by atoms with Crippen molar-refractivity contribution in [1.82, 2.24) is 0 Å². The van der Waals surface area contributed by atoms with Crippen LogP contribution in [-0.4, -0.2) is 17.6 Å². The summed E-state index contributed by atoms with van der Waals surface area (Å²) in [6.45, 7) is 3.33. The summed E-state index contributed by atoms with van der Waals surface area (Å²) in [6, 6.07) is 9.47. The standard InChI is InChI=1S/C17H18N2O4/c1-10(11(2)20)9-14-7-8-15(22-14)17(21)23-13-5-3-12(4-6-13)16(18)19/h3-8,10H,9H2,1-2H3,(H3,18,19). The van der Waals surface area contributed by atoms with E-state index in [1.807, 2.05) is 0 Å². The van der Waals surface area contributed by atoms with E-state index >= 15 is 0 Å². The minimum Gasteiger partial charge on any atom is -0.454 e. The van der Waals surface area contributed by atoms with Crippen molar-refractivity contribution in [2.75, 3.05) is 0 Å². The first-order chi connectivity index (χ1) is 10.9. The molecule has 0 saturated heterocycles. The second-order valence-electron chi connectivity index (χ2n) is 5.31. The van der Waals surface area contributed by atoms with Gasteiger partial charge in [0.15, 0.2) is 0 Å². The Balaban J connectivity index is 2.02. The number of rotatable bonds is 6. The number of nitrogens with two attached hydrogens (primary N) is 1. The summed E-state index contributed by atoms with van der Waals surface area (Å²) in [4.78, 5) is 23.3. The molecule has 6 heteroatoms. The van der Waals surface area contributed by atoms with Gasteiger partial charge >= 0.3 is 5.97 Å². The van der Waals surface area contributed by atoms with Gasteiger partial charge in [-0.15, -0.1) is 0 Å². The van der Waals surface area contributed by atoms with E-state index in [9.17, 15) is 9.59 Å². The van der Waals surface area contributed by atoms with Crippen LogP contribution in [0.5, 0.6) is 5.75 Å². The van der Waals surface area contributed by atoms with Crippen molar-refractivity contribution in [1.29, 1.82) is 5.41 Å². The molecule has 1 aromatic heterocycles. The molecule has 1 atom stereocenters. The van der Waals surface area contributed by atoms with E-state index in [-0.39, 0.29) is 23.3 Å². The van der Waals surface area contributed by atoms with E-state index in [1.54, 1.807) is 37.3 Å². The Morgan fingerprint density at radius 2 is 1.87 bits per heavy atom. The Bertz CT molecular complexity index is 731. The number of furan rings is 1. The second kappa shape index (κ2) is 6.91. The third-order valence-electron chi connectivity index (χ3n) is 3.44. The lowest BCUT2D eigenvalue weighted by molar-refractivity contribution is -0.120. The van der Waals surface area contributed by atoms with Gasteiger partial charge in [-0.3, -0.25) is 10.2 Å². The van der Waals surface area contributed by atoms with Crippen LogP contribution in [0.3, 0.4) is 0 Å². The Morgan fingerprint density at radius 3 is 2.43 bits per heavy atom. The van der Waals surface area contributed by atoms with Gasteiger partial charge in [0.25, 0.3) is 0 Å². The SMILES string of the molecule is CC(=O)C(C)Cc1ccc(C(=O)Oc2ccc(C(=N)N)cc2)o1. The number of nitrogen functional groups attached to an aromatic ring is 1. The zero-order chi connectivity index (χ0) is 17.0. The third kappa shape index (κ3) is 4.29. The van der Waals surface area contributed by atoms with Gasteiger partial charge in [0.05, 0.1) is 0 Å². The maximum Gasteiger partial charge on any atom is 0.379 e. The fraction of sp³-hybridized carbons (Fsp3) is 0.235. The molecule has 0 amide bonds. The number of ketones is 1. The summed E-state index contributed by atoms with van der Waals surface area (Å²) in [5.41, 5.74) is 5.90. The summed E-state index contributed by atoms with van der Waals surface area (Å²) in [6.07, 6.45) is 0.440. The topological polar surface area (TPSA) is 106 Å². The molecule has 23 heavy (non-hydrogen) atoms. The molecule has 1 heterocycles. The molecular formula is C17H18N2O4. The van der Waals surface area contributed by atoms with Crippen LogP contribution in [0, 0.1) is 11.3 Å². The fourth-order valence-corrected chi connectivity index (χ4v) is 1.90. The van der Waals surface area contributed by atoms with Crippen LogP contribution in [0.1, 0.15) is 35.7 Å². The number of hydrogen-bond acceptors (Lipinski definition) is 5. The number of amidine groups is 1. The largest absolute Gasteiger partial charge is 0.454 e. The van der Waals surface area contributed by atoms with E-state index in [1.165, 1.54) is 13.0 Å². The molecule has 0 spiro atoms. The number of esters is 1. The van der Waals surface area contributed by atoms with Crippen molar-refractivity contribution < 1.29 is 18.7 Å². The monoisotopic (exact) mass is 314 g/mol. The number of hydrogen-bond donors (Lipinski definition) is 2. The highest BCUT2D eigenvalue weighted by atomic mass is 16.5. The van der Waals surface area contributed by atoms with Crippen LogP contribution in [0.15, 0.2) is 40.8 Å². The molecule has 0 fully saturated rings. The lowest BCUT2D eigenvalue weighted by atomic mass is 10.0. The molecule has 0 bridgehead atoms. The minimum absolute atomic E-state index is 0.0573. The molecule has 3 N–H and O–H groups in total. The molecule has 1 aromatic carbocycles. The quantitative estimate of drug-likeness (QED) is 0.369. The van der Waals surface area contributed by atoms with E-state index in [0.29, 0.717) is 23.5 Å². The highest BCUT2D eigenvalue weighted by Crippen LogP contribution is 2.17. The molecule has 6 nitrogen and oxygen atoms in total. The number of carbonyl (C=O) groups excluding carboxylic acids is 2. The molecule has 0 saturated carbocycles. The Morgan fingerprint density at radius 1 is 1.22 bits per heavy atom. The van der Waals surface area contributed by atoms with Crippen LogP contribution in [0.2, 0.25) is 0 Å². The first kappa shape index (κ1) is 16.5. The fourth-order valence-electron chi connectivity index (χ4n) is 1.90. The first-order valence-corrected chi connectivity index (χ1v) is 7.12. The van der Waals surface area contributed by atoms with Crippen molar-refractivity contribution in [3.63, 3.8) is 0 Å². The average molecular weight is 314 g/mol. The van der Waals surface area contributed by atoms with Crippen LogP contribution >= 0.6 is 0 Å². The van der Waals surface area contributed by atoms with Gasteiger partial charge in [-0.05, 0) is 43.3 Å². The van der Waals surface area contributed by atoms with Crippen LogP contribution < -0.4 is 10.5 Å². The van der Waals surface area contributed by atoms with E-state index in [4.69, 9.17) is 20.3 Å². The van der Waals surface area contributed by atoms with E-state index in [0.717, 1.165) is 0 Å². The molecular weight excluding hydrogens is 296 g/mol. The van der Waals surface area contributed by atoms with Gasteiger partial charge in [0.1, 0.15) is 23.1 Å². The number of carbonyl (C=O) groups is 2. The van der Waals surface area contributed by atoms with Crippen molar-refractivity contribution in [2.45, 2.75) is 20.3 Å². The molecule has 0 aliphatic rings. The molecule has 0 aliphatic heterocycles. The van der Waals surface area contributed by atoms with E-state index in [2.05, 4.69) is 0 Å². The first-order valence-electron chi connectivity index (χ1n) is 7.12. The highest BCUT2D eigenvalue weighted by Gasteiger charge is 2.16. The van der Waals surface area contributed by atoms with Gasteiger partial charge in [-0.1, -0.05) is 6.92 Å². The minimum atomic E-state index is -0.623. The zero-order valence-corrected chi connectivity index (χ0v) is 13.0. The summed E-state index contributed by atoms with van der Waals surface area (Å²) in [5.74, 6) is 0.189. The van der Waals surface area contributed by atoms with Crippen LogP contribution in [-0.2, 0) is 11.2 Å². The molecule has 0 radical (unpaired) electrons. The smallest absolute Gasteiger partial charge is 0.379 e. The van der Waals surface area contributed by atoms with Gasteiger partial charge in [-0.2, -0.15) is 0 Å². The number of ether oxygens (including phenoxy) is 1. The molecule has 2 rings (SSSR count). The predicted molar refractivity (Wildman–Crippen MR) is 84.7 cm³/mol. The number of benzene rings is 1. The molecule has 1 unspecified atom stereocenters. The van der Waals surface area contributed by atoms with Gasteiger partial charge < -0.3 is 14.9 Å². The van der Waals surface area contributed by atoms with Gasteiger partial charge in [0, 0.05) is 17.9 Å². The zero-order valence-electron chi connectivity index (χ0n) is 13.0. The maximum absolute atomic E-state index is 12.0. The summed E-state index contributed by atoms with van der Waals surface area (Å²) in [7, 11) is 0. The molecule has 0 aliphatic carbocycles. The second-order valence-corrected chi connectivity index (χ2v) is 5.31. The van der Waals surface area contributed by atoms with Crippen LogP contribution in [0.4, 0.5) is 0 Å². The van der Waals surface area contributed by atoms with Crippen molar-refractivity contribution >= 4 is 17.6 Å². The highest BCUT2D eigenvalue weighted by molar-refractivity contribution is 5.95. The maximum atomic E-state index is 12.0. The van der Waals surface area contributed by atoms with Crippen molar-refractivity contribution in [2.24, 2.45) is 11.7 Å². The Kier molecular flexibility index (Phi) is 4.95. The molecule has 2 aromatic rings. The Labute approximate surface area is 133 Å². The molecule has 120 valence electrons. The number of nitrogens with one attached hydrogen (secondary N) is 1. The predicted octanol–water partition coefficient (Wildman–Crippen LogP) is 2.55. The third-order valence-corrected chi connectivity index (χ3v) is 3.44. The lowest BCUT2D eigenvalue weighted by Crippen LogP contribution is -2.11. The van der Waals surface area contributed by atoms with Crippen molar-refractivity contribution in [3.8, 4) is 5.75 Å². The lowest BCUT2D eigenvalue weighted by Gasteiger charge is -2.05. The normalized spacial score (nSPS) is 11.7. The Hall–Kier alpha value is -2.89. The summed E-state index contributed by atoms with van der Waals surface area (Å²) < 4.78 is 10.6. The van der Waals surface area contributed by atoms with E-state index < -0.39 is 5.97 Å². The number of Topliss-reactive ketones (excluding diaryl/α,β-unsaturated/α-hetero) is 1. The van der Waals surface area contributed by atoms with Crippen molar-refractivity contribution in [3.05, 3.63) is 53.5 Å². The van der Waals surface area contributed by atoms with Gasteiger partial charge in [0.2, 0.25) is 5.76 Å². The average Bonchev–Trinajstić information content (AvgIpc) is 2.96. The van der Waals surface area contributed by atoms with Crippen LogP contribution in [0.25, 0.3) is 0 Å². The summed E-state index contributed by atoms with van der Waals surface area (Å²) in [5, 5.41) is 7.30. The van der Waals surface area contributed by atoms with Gasteiger partial charge in [-0.25, -0.2) is 4.79 Å². The summed E-state index contributed by atoms with van der Waals surface area (Å²) >= 11 is 0.